The van der Waals surface area contributed by atoms with Gasteiger partial charge in [-0.2, -0.15) is 0 Å². The predicted octanol–water partition coefficient (Wildman–Crippen LogP) is 6.02. The van der Waals surface area contributed by atoms with Crippen LogP contribution >= 0.6 is 0 Å². The zero-order valence-electron chi connectivity index (χ0n) is 21.5. The molecule has 0 bridgehead atoms. The van der Waals surface area contributed by atoms with E-state index in [0.29, 0.717) is 48.5 Å². The van der Waals surface area contributed by atoms with Crippen LogP contribution in [-0.4, -0.2) is 39.7 Å². The molecule has 2 N–H and O–H groups in total. The number of rotatable bonds is 12. The highest BCUT2D eigenvalue weighted by molar-refractivity contribution is 5.98. The van der Waals surface area contributed by atoms with Gasteiger partial charge in [0.25, 0.3) is 0 Å². The van der Waals surface area contributed by atoms with E-state index in [-0.39, 0.29) is 18.3 Å². The fraction of sp³-hybridized carbons (Fsp3) is 0.333. The summed E-state index contributed by atoms with van der Waals surface area (Å²) in [4.78, 5) is 12.1. The molecule has 0 saturated heterocycles. The average molecular weight is 467 g/mol. The molecular formula is C27H32N2O5. The van der Waals surface area contributed by atoms with Crippen LogP contribution in [0, 0.1) is 0 Å². The van der Waals surface area contributed by atoms with Crippen molar-refractivity contribution in [3.05, 3.63) is 78.1 Å². The lowest BCUT2D eigenvalue weighted by Gasteiger charge is -2.30. The minimum absolute atomic E-state index is 0.0875. The van der Waals surface area contributed by atoms with Crippen molar-refractivity contribution in [2.45, 2.75) is 52.1 Å². The van der Waals surface area contributed by atoms with E-state index in [2.05, 4.69) is 5.16 Å². The van der Waals surface area contributed by atoms with Crippen LogP contribution in [0.1, 0.15) is 53.4 Å². The molecule has 3 rings (SSSR count). The Labute approximate surface area is 203 Å². The van der Waals surface area contributed by atoms with Gasteiger partial charge in [0.1, 0.15) is 11.5 Å². The minimum atomic E-state index is -2.07. The van der Waals surface area contributed by atoms with E-state index in [9.17, 15) is 10.0 Å². The molecule has 7 nitrogen and oxygen atoms in total. The van der Waals surface area contributed by atoms with Gasteiger partial charge in [0, 0.05) is 35.6 Å². The van der Waals surface area contributed by atoms with Gasteiger partial charge < -0.3 is 24.4 Å². The Balaban J connectivity index is 1.83. The van der Waals surface area contributed by atoms with Crippen molar-refractivity contribution in [3.63, 3.8) is 0 Å². The van der Waals surface area contributed by atoms with E-state index in [4.69, 9.17) is 17.0 Å². The molecule has 3 aromatic rings. The first-order chi connectivity index (χ1) is 17.3. The van der Waals surface area contributed by atoms with Crippen LogP contribution in [0.25, 0.3) is 11.3 Å². The molecular weight excluding hydrogens is 432 g/mol. The standard InChI is InChI=1S/C27H32N2O5/c1-20(2)29(27(28-32)22-15-13-21(14-16-22)24-11-8-18-34-24)19-23-9-5-6-10-25(23)33-17-7-3-4-12-26(30)31/h5-6,8-11,13-16,18,20,32H,3-4,7,12,17,19H2,1-2H3,(H,30,31)/b28-27+/i19D2. The topological polar surface area (TPSA) is 95.5 Å². The third kappa shape index (κ3) is 6.88. The zero-order valence-corrected chi connectivity index (χ0v) is 19.5. The summed E-state index contributed by atoms with van der Waals surface area (Å²) in [5, 5.41) is 22.2. The van der Waals surface area contributed by atoms with Gasteiger partial charge in [-0.3, -0.25) is 4.79 Å². The first kappa shape index (κ1) is 22.1. The van der Waals surface area contributed by atoms with E-state index < -0.39 is 12.5 Å². The number of furan rings is 1. The van der Waals surface area contributed by atoms with Gasteiger partial charge in [0.05, 0.1) is 15.6 Å². The number of carbonyl (C=O) groups is 1. The highest BCUT2D eigenvalue weighted by Gasteiger charge is 2.20. The molecule has 0 aliphatic heterocycles. The number of nitrogens with zero attached hydrogens (tertiary/aromatic N) is 2. The lowest BCUT2D eigenvalue weighted by Crippen LogP contribution is -2.37. The molecule has 0 spiro atoms. The SMILES string of the molecule is [2H]C([2H])(c1ccccc1OCCCCCC(=O)O)N(/C(=N/O)c1ccc(-c2ccco2)cc1)C(C)C. The highest BCUT2D eigenvalue weighted by Crippen LogP contribution is 2.25. The molecule has 0 fully saturated rings. The lowest BCUT2D eigenvalue weighted by molar-refractivity contribution is -0.137. The molecule has 0 aliphatic rings. The van der Waals surface area contributed by atoms with E-state index in [1.807, 2.05) is 32.0 Å². The molecule has 0 atom stereocenters. The maximum Gasteiger partial charge on any atom is 0.303 e. The summed E-state index contributed by atoms with van der Waals surface area (Å²) in [6.07, 6.45) is 3.64. The second-order valence-electron chi connectivity index (χ2n) is 8.10. The van der Waals surface area contributed by atoms with Gasteiger partial charge in [0.15, 0.2) is 5.84 Å². The number of aliphatic carboxylic acids is 1. The van der Waals surface area contributed by atoms with Gasteiger partial charge in [-0.15, -0.1) is 0 Å². The average Bonchev–Trinajstić information content (AvgIpc) is 3.39. The number of para-hydroxylation sites is 1. The van der Waals surface area contributed by atoms with E-state index in [1.54, 1.807) is 48.7 Å². The minimum Gasteiger partial charge on any atom is -0.493 e. The van der Waals surface area contributed by atoms with Crippen molar-refractivity contribution >= 4 is 11.8 Å². The third-order valence-corrected chi connectivity index (χ3v) is 5.21. The molecule has 0 aliphatic carbocycles. The molecule has 0 radical (unpaired) electrons. The molecule has 180 valence electrons. The molecule has 1 heterocycles. The van der Waals surface area contributed by atoms with Crippen LogP contribution < -0.4 is 4.74 Å². The maximum atomic E-state index is 10.7. The zero-order chi connectivity index (χ0) is 26.1. The molecule has 0 unspecified atom stereocenters. The highest BCUT2D eigenvalue weighted by atomic mass is 16.5. The lowest BCUT2D eigenvalue weighted by atomic mass is 10.1. The van der Waals surface area contributed by atoms with Crippen molar-refractivity contribution < 1.29 is 27.0 Å². The Hall–Kier alpha value is -3.74. The van der Waals surface area contributed by atoms with Crippen LogP contribution in [0.15, 0.2) is 76.5 Å². The molecule has 1 aromatic heterocycles. The van der Waals surface area contributed by atoms with Crippen LogP contribution in [-0.2, 0) is 11.3 Å². The second kappa shape index (κ2) is 12.5. The monoisotopic (exact) mass is 466 g/mol. The Kier molecular flexibility index (Phi) is 8.11. The van der Waals surface area contributed by atoms with Crippen LogP contribution in [0.4, 0.5) is 0 Å². The fourth-order valence-electron chi connectivity index (χ4n) is 3.45. The molecule has 0 saturated carbocycles. The summed E-state index contributed by atoms with van der Waals surface area (Å²) in [6.45, 7) is 1.91. The molecule has 34 heavy (non-hydrogen) atoms. The summed E-state index contributed by atoms with van der Waals surface area (Å²) in [5.41, 5.74) is 1.70. The van der Waals surface area contributed by atoms with Gasteiger partial charge in [-0.05, 0) is 51.3 Å². The number of hydrogen-bond donors (Lipinski definition) is 2. The number of unbranched alkanes of at least 4 members (excludes halogenated alkanes) is 2. The van der Waals surface area contributed by atoms with Crippen molar-refractivity contribution in [2.24, 2.45) is 5.16 Å². The van der Waals surface area contributed by atoms with Crippen molar-refractivity contribution in [2.75, 3.05) is 6.61 Å². The van der Waals surface area contributed by atoms with Crippen LogP contribution in [0.2, 0.25) is 0 Å². The molecule has 2 aromatic carbocycles. The maximum absolute atomic E-state index is 10.7. The number of benzene rings is 2. The van der Waals surface area contributed by atoms with Crippen molar-refractivity contribution in [1.29, 1.82) is 0 Å². The number of ether oxygens (including phenoxy) is 1. The number of carboxylic acids is 1. The smallest absolute Gasteiger partial charge is 0.303 e. The van der Waals surface area contributed by atoms with E-state index in [1.165, 1.54) is 4.90 Å². The summed E-state index contributed by atoms with van der Waals surface area (Å²) < 4.78 is 29.5. The number of oxime groups is 1. The first-order valence-corrected chi connectivity index (χ1v) is 11.4. The summed E-state index contributed by atoms with van der Waals surface area (Å²) in [6, 6.07) is 17.3. The quantitative estimate of drug-likeness (QED) is 0.111. The van der Waals surface area contributed by atoms with E-state index >= 15 is 0 Å². The predicted molar refractivity (Wildman–Crippen MR) is 131 cm³/mol. The second-order valence-corrected chi connectivity index (χ2v) is 8.10. The normalized spacial score (nSPS) is 12.9. The summed E-state index contributed by atoms with van der Waals surface area (Å²) in [5.74, 6) is 0.357. The van der Waals surface area contributed by atoms with Crippen molar-refractivity contribution in [3.8, 4) is 17.1 Å². The molecule has 7 heteroatoms. The molecule has 0 amide bonds. The Morgan fingerprint density at radius 2 is 1.85 bits per heavy atom. The van der Waals surface area contributed by atoms with Crippen LogP contribution in [0.5, 0.6) is 5.75 Å². The summed E-state index contributed by atoms with van der Waals surface area (Å²) >= 11 is 0. The third-order valence-electron chi connectivity index (χ3n) is 5.21. The summed E-state index contributed by atoms with van der Waals surface area (Å²) in [7, 11) is 0. The van der Waals surface area contributed by atoms with Gasteiger partial charge in [-0.1, -0.05) is 47.6 Å². The van der Waals surface area contributed by atoms with E-state index in [0.717, 1.165) is 5.56 Å². The van der Waals surface area contributed by atoms with Gasteiger partial charge in [-0.25, -0.2) is 0 Å². The van der Waals surface area contributed by atoms with Crippen LogP contribution in [0.3, 0.4) is 0 Å². The first-order valence-electron chi connectivity index (χ1n) is 12.4. The largest absolute Gasteiger partial charge is 0.493 e. The Morgan fingerprint density at radius 3 is 2.50 bits per heavy atom. The van der Waals surface area contributed by atoms with Gasteiger partial charge >= 0.3 is 5.97 Å². The van der Waals surface area contributed by atoms with Crippen molar-refractivity contribution in [1.82, 2.24) is 4.90 Å². The fourth-order valence-corrected chi connectivity index (χ4v) is 3.45. The Bertz CT molecular complexity index is 1150. The van der Waals surface area contributed by atoms with Gasteiger partial charge in [0.2, 0.25) is 0 Å². The number of carboxylic acid groups (broad SMARTS) is 1. The Morgan fingerprint density at radius 1 is 1.09 bits per heavy atom. The number of hydrogen-bond acceptors (Lipinski definition) is 5. The number of amidine groups is 1.